The van der Waals surface area contributed by atoms with E-state index >= 15 is 0 Å². The molecule has 6 nitrogen and oxygen atoms in total. The van der Waals surface area contributed by atoms with Crippen molar-refractivity contribution in [1.29, 1.82) is 0 Å². The number of benzene rings is 1. The van der Waals surface area contributed by atoms with Crippen LogP contribution in [0.5, 0.6) is 0 Å². The minimum absolute atomic E-state index is 0. The molecule has 0 aromatic heterocycles. The maximum atomic E-state index is 11.8. The van der Waals surface area contributed by atoms with Gasteiger partial charge in [0.2, 0.25) is 0 Å². The summed E-state index contributed by atoms with van der Waals surface area (Å²) < 4.78 is 0. The first-order valence-corrected chi connectivity index (χ1v) is 5.77. The predicted molar refractivity (Wildman–Crippen MR) is 75.7 cm³/mol. The van der Waals surface area contributed by atoms with Crippen molar-refractivity contribution >= 4 is 24.0 Å². The number of carbonyl (C=O) groups is 1. The van der Waals surface area contributed by atoms with Crippen LogP contribution in [0.2, 0.25) is 0 Å². The molecule has 0 radical (unpaired) electrons. The van der Waals surface area contributed by atoms with E-state index < -0.39 is 4.92 Å². The largest absolute Gasteiger partial charge is 0.348 e. The summed E-state index contributed by atoms with van der Waals surface area (Å²) >= 11 is 0. The highest BCUT2D eigenvalue weighted by molar-refractivity contribution is 5.95. The molecule has 0 aliphatic heterocycles. The first-order chi connectivity index (χ1) is 8.49. The second-order valence-corrected chi connectivity index (χ2v) is 4.06. The van der Waals surface area contributed by atoms with Gasteiger partial charge >= 0.3 is 0 Å². The third-order valence-corrected chi connectivity index (χ3v) is 2.66. The lowest BCUT2D eigenvalue weighted by molar-refractivity contribution is -0.385. The summed E-state index contributed by atoms with van der Waals surface area (Å²) in [7, 11) is 0. The van der Waals surface area contributed by atoms with E-state index in [2.05, 4.69) is 5.32 Å². The van der Waals surface area contributed by atoms with Crippen LogP contribution in [0.4, 0.5) is 5.69 Å². The van der Waals surface area contributed by atoms with Gasteiger partial charge in [0.1, 0.15) is 0 Å². The highest BCUT2D eigenvalue weighted by Gasteiger charge is 2.17. The highest BCUT2D eigenvalue weighted by Crippen LogP contribution is 2.20. The molecule has 0 bridgehead atoms. The molecule has 7 heteroatoms. The number of nitro benzene ring substituents is 1. The number of nitro groups is 1. The summed E-state index contributed by atoms with van der Waals surface area (Å²) in [5.74, 6) is -0.348. The fourth-order valence-corrected chi connectivity index (χ4v) is 1.54. The Balaban J connectivity index is 0.00000324. The van der Waals surface area contributed by atoms with Crippen LogP contribution in [0.3, 0.4) is 0 Å². The van der Waals surface area contributed by atoms with Gasteiger partial charge in [-0.2, -0.15) is 0 Å². The lowest BCUT2D eigenvalue weighted by Crippen LogP contribution is -2.37. The first-order valence-electron chi connectivity index (χ1n) is 5.77. The van der Waals surface area contributed by atoms with Crippen LogP contribution in [-0.4, -0.2) is 23.4 Å². The van der Waals surface area contributed by atoms with Gasteiger partial charge in [0.05, 0.1) is 4.92 Å². The molecular formula is C12H18ClN3O3. The second kappa shape index (κ2) is 7.70. The molecule has 3 N–H and O–H groups in total. The van der Waals surface area contributed by atoms with Crippen molar-refractivity contribution in [3.05, 3.63) is 39.4 Å². The van der Waals surface area contributed by atoms with Crippen molar-refractivity contribution in [3.8, 4) is 0 Å². The van der Waals surface area contributed by atoms with Crippen molar-refractivity contribution in [2.45, 2.75) is 26.3 Å². The maximum Gasteiger partial charge on any atom is 0.273 e. The molecule has 1 aromatic rings. The SMILES string of the molecule is CCc1ccc(C(=O)N[C@@H](C)CN)cc1[N+](=O)[O-].Cl. The average molecular weight is 288 g/mol. The average Bonchev–Trinajstić information content (AvgIpc) is 2.37. The summed E-state index contributed by atoms with van der Waals surface area (Å²) in [4.78, 5) is 22.2. The summed E-state index contributed by atoms with van der Waals surface area (Å²) in [6.07, 6.45) is 0.553. The Labute approximate surface area is 117 Å². The molecule has 0 heterocycles. The number of hydrogen-bond donors (Lipinski definition) is 2. The zero-order chi connectivity index (χ0) is 13.7. The summed E-state index contributed by atoms with van der Waals surface area (Å²) in [6.45, 7) is 3.92. The summed E-state index contributed by atoms with van der Waals surface area (Å²) in [5, 5.41) is 13.6. The fraction of sp³-hybridized carbons (Fsp3) is 0.417. The zero-order valence-corrected chi connectivity index (χ0v) is 11.7. The third-order valence-electron chi connectivity index (χ3n) is 2.66. The van der Waals surface area contributed by atoms with E-state index in [9.17, 15) is 14.9 Å². The molecule has 1 aromatic carbocycles. The Kier molecular flexibility index (Phi) is 7.03. The molecule has 0 aliphatic carbocycles. The molecule has 1 rings (SSSR count). The van der Waals surface area contributed by atoms with Gasteiger partial charge in [0.15, 0.2) is 0 Å². The summed E-state index contributed by atoms with van der Waals surface area (Å²) in [6, 6.07) is 4.34. The van der Waals surface area contributed by atoms with Gasteiger partial charge in [-0.25, -0.2) is 0 Å². The Bertz CT molecular complexity index is 466. The molecule has 0 spiro atoms. The molecule has 0 unspecified atom stereocenters. The van der Waals surface area contributed by atoms with Gasteiger partial charge in [-0.3, -0.25) is 14.9 Å². The monoisotopic (exact) mass is 287 g/mol. The van der Waals surface area contributed by atoms with E-state index in [4.69, 9.17) is 5.73 Å². The Hall–Kier alpha value is -1.66. The first kappa shape index (κ1) is 17.3. The summed E-state index contributed by atoms with van der Waals surface area (Å²) in [5.41, 5.74) is 6.27. The van der Waals surface area contributed by atoms with E-state index in [1.807, 2.05) is 6.92 Å². The fourth-order valence-electron chi connectivity index (χ4n) is 1.54. The molecule has 0 fully saturated rings. The Morgan fingerprint density at radius 3 is 2.63 bits per heavy atom. The van der Waals surface area contributed by atoms with E-state index in [1.54, 1.807) is 19.1 Å². The van der Waals surface area contributed by atoms with Crippen LogP contribution in [0.25, 0.3) is 0 Å². The minimum Gasteiger partial charge on any atom is -0.348 e. The number of aryl methyl sites for hydroxylation is 1. The van der Waals surface area contributed by atoms with Crippen LogP contribution in [0, 0.1) is 10.1 Å². The normalized spacial score (nSPS) is 11.3. The number of amides is 1. The molecule has 0 saturated heterocycles. The number of nitrogens with zero attached hydrogens (tertiary/aromatic N) is 1. The zero-order valence-electron chi connectivity index (χ0n) is 10.9. The van der Waals surface area contributed by atoms with Crippen molar-refractivity contribution in [2.24, 2.45) is 5.73 Å². The lowest BCUT2D eigenvalue weighted by atomic mass is 10.1. The third kappa shape index (κ3) is 4.50. The molecule has 19 heavy (non-hydrogen) atoms. The van der Waals surface area contributed by atoms with Crippen LogP contribution < -0.4 is 11.1 Å². The standard InChI is InChI=1S/C12H17N3O3.ClH/c1-3-9-4-5-10(6-11(9)15(17)18)12(16)14-8(2)7-13;/h4-6,8H,3,7,13H2,1-2H3,(H,14,16);1H/t8-;/m0./s1. The van der Waals surface area contributed by atoms with Gasteiger partial charge in [-0.05, 0) is 19.4 Å². The van der Waals surface area contributed by atoms with Gasteiger partial charge in [-0.15, -0.1) is 12.4 Å². The Morgan fingerprint density at radius 2 is 2.16 bits per heavy atom. The quantitative estimate of drug-likeness (QED) is 0.635. The molecule has 0 aliphatic rings. The van der Waals surface area contributed by atoms with Crippen LogP contribution >= 0.6 is 12.4 Å². The van der Waals surface area contributed by atoms with Crippen molar-refractivity contribution in [3.63, 3.8) is 0 Å². The van der Waals surface area contributed by atoms with Crippen LogP contribution in [0.1, 0.15) is 29.8 Å². The second-order valence-electron chi connectivity index (χ2n) is 4.06. The Morgan fingerprint density at radius 1 is 1.53 bits per heavy atom. The number of nitrogens with two attached hydrogens (primary N) is 1. The van der Waals surface area contributed by atoms with E-state index in [1.165, 1.54) is 6.07 Å². The van der Waals surface area contributed by atoms with Gasteiger partial charge in [0, 0.05) is 29.8 Å². The van der Waals surface area contributed by atoms with Gasteiger partial charge < -0.3 is 11.1 Å². The maximum absolute atomic E-state index is 11.8. The number of halogens is 1. The van der Waals surface area contributed by atoms with E-state index in [0.717, 1.165) is 0 Å². The van der Waals surface area contributed by atoms with Crippen molar-refractivity contribution in [1.82, 2.24) is 5.32 Å². The van der Waals surface area contributed by atoms with E-state index in [0.29, 0.717) is 18.5 Å². The minimum atomic E-state index is -0.470. The predicted octanol–water partition coefficient (Wildman–Crippen LogP) is 1.66. The molecular weight excluding hydrogens is 270 g/mol. The number of carbonyl (C=O) groups excluding carboxylic acids is 1. The molecule has 1 amide bonds. The van der Waals surface area contributed by atoms with Crippen molar-refractivity contribution < 1.29 is 9.72 Å². The number of hydrogen-bond acceptors (Lipinski definition) is 4. The van der Waals surface area contributed by atoms with Crippen LogP contribution in [0.15, 0.2) is 18.2 Å². The van der Waals surface area contributed by atoms with Gasteiger partial charge in [-0.1, -0.05) is 13.0 Å². The number of rotatable bonds is 5. The highest BCUT2D eigenvalue weighted by atomic mass is 35.5. The topological polar surface area (TPSA) is 98.3 Å². The van der Waals surface area contributed by atoms with Crippen molar-refractivity contribution in [2.75, 3.05) is 6.54 Å². The molecule has 1 atom stereocenters. The number of nitrogens with one attached hydrogen (secondary N) is 1. The van der Waals surface area contributed by atoms with Crippen LogP contribution in [-0.2, 0) is 6.42 Å². The smallest absolute Gasteiger partial charge is 0.273 e. The van der Waals surface area contributed by atoms with Gasteiger partial charge in [0.25, 0.3) is 11.6 Å². The molecule has 106 valence electrons. The lowest BCUT2D eigenvalue weighted by Gasteiger charge is -2.11. The van der Waals surface area contributed by atoms with E-state index in [-0.39, 0.29) is 35.6 Å². The molecule has 0 saturated carbocycles.